The average molecular weight is 252 g/mol. The smallest absolute Gasteiger partial charge is 0.0326 e. The Morgan fingerprint density at radius 1 is 1.11 bits per heavy atom. The molecule has 0 saturated heterocycles. The Morgan fingerprint density at radius 3 is 2.22 bits per heavy atom. The van der Waals surface area contributed by atoms with Gasteiger partial charge in [0.05, 0.1) is 0 Å². The van der Waals surface area contributed by atoms with Crippen molar-refractivity contribution in [1.29, 1.82) is 0 Å². The van der Waals surface area contributed by atoms with Crippen molar-refractivity contribution in [3.8, 4) is 0 Å². The molecule has 0 aromatic carbocycles. The number of fused-ring (bicyclic) bond motifs is 2. The van der Waals surface area contributed by atoms with E-state index in [0.717, 1.165) is 30.8 Å². The first-order chi connectivity index (χ1) is 8.69. The maximum atomic E-state index is 6.11. The minimum absolute atomic E-state index is 0.260. The molecule has 18 heavy (non-hydrogen) atoms. The fourth-order valence-corrected chi connectivity index (χ4v) is 4.66. The predicted octanol–water partition coefficient (Wildman–Crippen LogP) is 3.26. The molecule has 2 fully saturated rings. The van der Waals surface area contributed by atoms with Gasteiger partial charge in [-0.3, -0.25) is 4.90 Å². The lowest BCUT2D eigenvalue weighted by atomic mass is 9.85. The number of hydrogen-bond donors (Lipinski definition) is 1. The second-order valence-electron chi connectivity index (χ2n) is 6.61. The van der Waals surface area contributed by atoms with E-state index in [2.05, 4.69) is 25.7 Å². The molecule has 2 nitrogen and oxygen atoms in total. The summed E-state index contributed by atoms with van der Waals surface area (Å²) in [6.07, 6.45) is 8.41. The van der Waals surface area contributed by atoms with Crippen molar-refractivity contribution in [1.82, 2.24) is 4.90 Å². The molecular weight excluding hydrogens is 220 g/mol. The van der Waals surface area contributed by atoms with E-state index in [1.165, 1.54) is 45.1 Å². The van der Waals surface area contributed by atoms with Crippen molar-refractivity contribution in [3.63, 3.8) is 0 Å². The molecular formula is C16H32N2. The topological polar surface area (TPSA) is 29.3 Å². The van der Waals surface area contributed by atoms with Crippen LogP contribution in [0.25, 0.3) is 0 Å². The van der Waals surface area contributed by atoms with Crippen LogP contribution in [0.15, 0.2) is 0 Å². The normalized spacial score (nSPS) is 31.5. The lowest BCUT2D eigenvalue weighted by Crippen LogP contribution is -2.54. The minimum Gasteiger partial charge on any atom is -0.329 e. The van der Waals surface area contributed by atoms with Crippen LogP contribution in [0.2, 0.25) is 0 Å². The lowest BCUT2D eigenvalue weighted by molar-refractivity contribution is 0.0615. The maximum absolute atomic E-state index is 6.11. The molecule has 2 N–H and O–H groups in total. The monoisotopic (exact) mass is 252 g/mol. The first kappa shape index (κ1) is 14.3. The van der Waals surface area contributed by atoms with E-state index >= 15 is 0 Å². The molecule has 2 saturated carbocycles. The van der Waals surface area contributed by atoms with Gasteiger partial charge in [0.15, 0.2) is 0 Å². The van der Waals surface area contributed by atoms with Crippen molar-refractivity contribution in [2.24, 2.45) is 23.5 Å². The van der Waals surface area contributed by atoms with Crippen molar-refractivity contribution >= 4 is 0 Å². The molecule has 106 valence electrons. The predicted molar refractivity (Wildman–Crippen MR) is 78.6 cm³/mol. The first-order valence-corrected chi connectivity index (χ1v) is 8.14. The minimum atomic E-state index is 0.260. The molecule has 2 aliphatic rings. The Bertz CT molecular complexity index is 252. The van der Waals surface area contributed by atoms with Crippen LogP contribution in [-0.2, 0) is 0 Å². The molecule has 0 radical (unpaired) electrons. The van der Waals surface area contributed by atoms with Gasteiger partial charge in [0.2, 0.25) is 0 Å². The summed E-state index contributed by atoms with van der Waals surface area (Å²) in [6.45, 7) is 10.2. The summed E-state index contributed by atoms with van der Waals surface area (Å²) in [4.78, 5) is 2.71. The zero-order valence-electron chi connectivity index (χ0n) is 12.6. The molecule has 2 heteroatoms. The maximum Gasteiger partial charge on any atom is 0.0326 e. The van der Waals surface area contributed by atoms with Crippen LogP contribution < -0.4 is 5.73 Å². The van der Waals surface area contributed by atoms with Gasteiger partial charge in [-0.1, -0.05) is 27.2 Å². The van der Waals surface area contributed by atoms with Gasteiger partial charge in [-0.15, -0.1) is 0 Å². The highest BCUT2D eigenvalue weighted by Gasteiger charge is 2.42. The van der Waals surface area contributed by atoms with Crippen LogP contribution in [0.4, 0.5) is 0 Å². The zero-order valence-corrected chi connectivity index (χ0v) is 12.6. The van der Waals surface area contributed by atoms with Gasteiger partial charge in [-0.25, -0.2) is 0 Å². The molecule has 0 aromatic rings. The Balaban J connectivity index is 2.00. The highest BCUT2D eigenvalue weighted by molar-refractivity contribution is 4.95. The Hall–Kier alpha value is -0.0800. The van der Waals surface area contributed by atoms with Crippen molar-refractivity contribution < 1.29 is 0 Å². The summed E-state index contributed by atoms with van der Waals surface area (Å²) in [7, 11) is 0. The van der Waals surface area contributed by atoms with Crippen molar-refractivity contribution in [3.05, 3.63) is 0 Å². The number of likely N-dealkylation sites (N-methyl/N-ethyl adjacent to an activating group) is 1. The molecule has 0 aliphatic heterocycles. The first-order valence-electron chi connectivity index (χ1n) is 8.14. The summed E-state index contributed by atoms with van der Waals surface area (Å²) in [6, 6.07) is 0. The Kier molecular flexibility index (Phi) is 4.71. The molecule has 2 rings (SSSR count). The molecule has 0 spiro atoms. The van der Waals surface area contributed by atoms with Crippen LogP contribution in [0.1, 0.15) is 59.3 Å². The van der Waals surface area contributed by atoms with Crippen molar-refractivity contribution in [2.45, 2.75) is 64.8 Å². The average Bonchev–Trinajstić information content (AvgIpc) is 3.02. The number of rotatable bonds is 7. The van der Waals surface area contributed by atoms with E-state index in [4.69, 9.17) is 5.73 Å². The highest BCUT2D eigenvalue weighted by Crippen LogP contribution is 2.49. The van der Waals surface area contributed by atoms with Gasteiger partial charge in [0.25, 0.3) is 0 Å². The third-order valence-electron chi connectivity index (χ3n) is 6.09. The fraction of sp³-hybridized carbons (Fsp3) is 1.00. The molecule has 0 aromatic heterocycles. The number of hydrogen-bond acceptors (Lipinski definition) is 2. The van der Waals surface area contributed by atoms with Crippen LogP contribution >= 0.6 is 0 Å². The van der Waals surface area contributed by atoms with Crippen LogP contribution in [0, 0.1) is 17.8 Å². The molecule has 3 atom stereocenters. The zero-order chi connectivity index (χ0) is 13.2. The van der Waals surface area contributed by atoms with E-state index in [0.29, 0.717) is 0 Å². The third-order valence-corrected chi connectivity index (χ3v) is 6.09. The molecule has 0 heterocycles. The lowest BCUT2D eigenvalue weighted by Gasteiger charge is -2.44. The highest BCUT2D eigenvalue weighted by atomic mass is 15.2. The standard InChI is InChI=1S/C16H32N2/c1-4-16(5-2,12-17)18(6-3)11-15-10-13-7-8-14(15)9-13/h13-15H,4-12,17H2,1-3H3. The summed E-state index contributed by atoms with van der Waals surface area (Å²) in [5, 5.41) is 0. The largest absolute Gasteiger partial charge is 0.329 e. The SMILES string of the molecule is CCN(CC1CC2CCC1C2)C(CC)(CC)CN. The molecule has 2 bridgehead atoms. The van der Waals surface area contributed by atoms with Crippen LogP contribution in [-0.4, -0.2) is 30.1 Å². The van der Waals surface area contributed by atoms with E-state index < -0.39 is 0 Å². The van der Waals surface area contributed by atoms with E-state index in [-0.39, 0.29) is 5.54 Å². The van der Waals surface area contributed by atoms with Crippen molar-refractivity contribution in [2.75, 3.05) is 19.6 Å². The van der Waals surface area contributed by atoms with Gasteiger partial charge in [-0.2, -0.15) is 0 Å². The quantitative estimate of drug-likeness (QED) is 0.753. The summed E-state index contributed by atoms with van der Waals surface area (Å²) < 4.78 is 0. The van der Waals surface area contributed by atoms with Crippen LogP contribution in [0.3, 0.4) is 0 Å². The third kappa shape index (κ3) is 2.46. The number of nitrogens with two attached hydrogens (primary N) is 1. The van der Waals surface area contributed by atoms with Gasteiger partial charge in [0, 0.05) is 18.6 Å². The summed E-state index contributed by atoms with van der Waals surface area (Å²) in [5.74, 6) is 3.06. The fourth-order valence-electron chi connectivity index (χ4n) is 4.66. The van der Waals surface area contributed by atoms with Gasteiger partial charge in [-0.05, 0) is 56.4 Å². The van der Waals surface area contributed by atoms with Crippen LogP contribution in [0.5, 0.6) is 0 Å². The summed E-state index contributed by atoms with van der Waals surface area (Å²) in [5.41, 5.74) is 6.37. The van der Waals surface area contributed by atoms with Gasteiger partial charge < -0.3 is 5.73 Å². The second kappa shape index (κ2) is 5.92. The Morgan fingerprint density at radius 2 is 1.83 bits per heavy atom. The summed E-state index contributed by atoms with van der Waals surface area (Å²) >= 11 is 0. The molecule has 2 aliphatic carbocycles. The van der Waals surface area contributed by atoms with E-state index in [9.17, 15) is 0 Å². The van der Waals surface area contributed by atoms with Gasteiger partial charge in [0.1, 0.15) is 0 Å². The van der Waals surface area contributed by atoms with Gasteiger partial charge >= 0.3 is 0 Å². The molecule has 0 amide bonds. The molecule has 3 unspecified atom stereocenters. The Labute approximate surface area is 113 Å². The second-order valence-corrected chi connectivity index (χ2v) is 6.61. The van der Waals surface area contributed by atoms with E-state index in [1.54, 1.807) is 0 Å². The number of nitrogens with zero attached hydrogens (tertiary/aromatic N) is 1. The van der Waals surface area contributed by atoms with E-state index in [1.807, 2.05) is 0 Å².